The quantitative estimate of drug-likeness (QED) is 0.803. The maximum absolute atomic E-state index is 12.9. The van der Waals surface area contributed by atoms with Gasteiger partial charge in [-0.15, -0.1) is 0 Å². The molecule has 0 radical (unpaired) electrons. The molecule has 2 unspecified atom stereocenters. The van der Waals surface area contributed by atoms with Crippen LogP contribution in [0.4, 0.5) is 0 Å². The smallest absolute Gasteiger partial charge is 0.251 e. The number of carbonyl (C=O) groups is 1. The number of piperidine rings is 1. The molecule has 1 aliphatic heterocycles. The van der Waals surface area contributed by atoms with Gasteiger partial charge in [0.05, 0.1) is 4.90 Å². The summed E-state index contributed by atoms with van der Waals surface area (Å²) in [6, 6.07) is 6.25. The van der Waals surface area contributed by atoms with Gasteiger partial charge in [0.2, 0.25) is 10.0 Å². The molecule has 25 heavy (non-hydrogen) atoms. The highest BCUT2D eigenvalue weighted by Gasteiger charge is 2.31. The van der Waals surface area contributed by atoms with Crippen LogP contribution in [0.15, 0.2) is 29.2 Å². The van der Waals surface area contributed by atoms with Crippen LogP contribution in [0.25, 0.3) is 0 Å². The maximum Gasteiger partial charge on any atom is 0.251 e. The zero-order chi connectivity index (χ0) is 18.0. The normalized spacial score (nSPS) is 23.2. The summed E-state index contributed by atoms with van der Waals surface area (Å²) in [4.78, 5) is 12.5. The van der Waals surface area contributed by atoms with Crippen molar-refractivity contribution in [1.82, 2.24) is 9.62 Å². The van der Waals surface area contributed by atoms with Crippen LogP contribution in [0.2, 0.25) is 0 Å². The highest BCUT2D eigenvalue weighted by molar-refractivity contribution is 7.89. The first-order valence-corrected chi connectivity index (χ1v) is 10.5. The lowest BCUT2D eigenvalue weighted by atomic mass is 10.1. The first-order chi connectivity index (χ1) is 11.9. The molecule has 2 fully saturated rings. The summed E-state index contributed by atoms with van der Waals surface area (Å²) in [5.41, 5.74) is 6.36. The van der Waals surface area contributed by atoms with E-state index < -0.39 is 10.0 Å². The predicted molar refractivity (Wildman–Crippen MR) is 96.7 cm³/mol. The van der Waals surface area contributed by atoms with Gasteiger partial charge in [0.1, 0.15) is 0 Å². The van der Waals surface area contributed by atoms with Gasteiger partial charge in [-0.2, -0.15) is 4.31 Å². The Kier molecular flexibility index (Phi) is 5.46. The third-order valence-electron chi connectivity index (χ3n) is 5.17. The molecule has 1 aromatic carbocycles. The van der Waals surface area contributed by atoms with Crippen LogP contribution in [-0.4, -0.2) is 43.8 Å². The Morgan fingerprint density at radius 2 is 2.08 bits per heavy atom. The third-order valence-corrected chi connectivity index (χ3v) is 7.18. The fourth-order valence-electron chi connectivity index (χ4n) is 3.37. The van der Waals surface area contributed by atoms with E-state index >= 15 is 0 Å². The zero-order valence-corrected chi connectivity index (χ0v) is 15.5. The van der Waals surface area contributed by atoms with Crippen molar-refractivity contribution in [3.8, 4) is 0 Å². The molecule has 2 atom stereocenters. The highest BCUT2D eigenvalue weighted by atomic mass is 32.2. The Bertz CT molecular complexity index is 731. The van der Waals surface area contributed by atoms with E-state index in [0.717, 1.165) is 32.1 Å². The van der Waals surface area contributed by atoms with Crippen molar-refractivity contribution in [2.75, 3.05) is 13.1 Å². The molecule has 0 aromatic heterocycles. The van der Waals surface area contributed by atoms with Crippen molar-refractivity contribution in [3.63, 3.8) is 0 Å². The minimum atomic E-state index is -3.57. The van der Waals surface area contributed by atoms with Crippen LogP contribution in [0.1, 0.15) is 49.4 Å². The van der Waals surface area contributed by atoms with Gasteiger partial charge >= 0.3 is 0 Å². The Morgan fingerprint density at radius 3 is 2.76 bits per heavy atom. The Balaban J connectivity index is 1.72. The van der Waals surface area contributed by atoms with E-state index in [1.54, 1.807) is 22.5 Å². The summed E-state index contributed by atoms with van der Waals surface area (Å²) in [6.07, 6.45) is 5.05. The van der Waals surface area contributed by atoms with E-state index in [1.165, 1.54) is 6.07 Å². The second-order valence-electron chi connectivity index (χ2n) is 7.20. The van der Waals surface area contributed by atoms with Crippen molar-refractivity contribution >= 4 is 15.9 Å². The lowest BCUT2D eigenvalue weighted by Gasteiger charge is -2.32. The van der Waals surface area contributed by atoms with E-state index in [9.17, 15) is 13.2 Å². The first-order valence-electron chi connectivity index (χ1n) is 9.05. The number of hydrogen-bond acceptors (Lipinski definition) is 4. The summed E-state index contributed by atoms with van der Waals surface area (Å²) >= 11 is 0. The van der Waals surface area contributed by atoms with Gasteiger partial charge in [0.25, 0.3) is 5.91 Å². The third kappa shape index (κ3) is 4.22. The van der Waals surface area contributed by atoms with Crippen molar-refractivity contribution in [1.29, 1.82) is 0 Å². The lowest BCUT2D eigenvalue weighted by Crippen LogP contribution is -2.42. The molecule has 0 bridgehead atoms. The van der Waals surface area contributed by atoms with Gasteiger partial charge in [0, 0.05) is 30.7 Å². The van der Waals surface area contributed by atoms with Crippen molar-refractivity contribution < 1.29 is 13.2 Å². The monoisotopic (exact) mass is 365 g/mol. The minimum Gasteiger partial charge on any atom is -0.350 e. The number of carbonyl (C=O) groups excluding carboxylic acids is 1. The van der Waals surface area contributed by atoms with E-state index in [-0.39, 0.29) is 22.9 Å². The summed E-state index contributed by atoms with van der Waals surface area (Å²) in [7, 11) is -3.57. The average molecular weight is 365 g/mol. The van der Waals surface area contributed by atoms with Gasteiger partial charge in [0.15, 0.2) is 0 Å². The topological polar surface area (TPSA) is 92.5 Å². The Hall–Kier alpha value is -1.44. The molecule has 3 N–H and O–H groups in total. The number of hydrogen-bond donors (Lipinski definition) is 2. The molecule has 1 heterocycles. The molecule has 1 amide bonds. The number of sulfonamides is 1. The van der Waals surface area contributed by atoms with Gasteiger partial charge < -0.3 is 11.1 Å². The lowest BCUT2D eigenvalue weighted by molar-refractivity contribution is 0.0950. The van der Waals surface area contributed by atoms with E-state index in [1.807, 2.05) is 6.92 Å². The molecule has 138 valence electrons. The van der Waals surface area contributed by atoms with E-state index in [0.29, 0.717) is 24.6 Å². The molecule has 7 heteroatoms. The Labute approximate surface area is 149 Å². The number of nitrogens with one attached hydrogen (secondary N) is 1. The molecule has 1 saturated heterocycles. The molecule has 1 aliphatic carbocycles. The number of rotatable bonds is 6. The second kappa shape index (κ2) is 7.43. The standard InChI is InChI=1S/C18H27N3O3S/c1-13-5-2-3-10-21(13)25(23,24)16-7-4-6-15(11-16)18(22)20-12-17(19)14-8-9-14/h4,6-7,11,13-14,17H,2-3,5,8-10,12,19H2,1H3,(H,20,22). The maximum atomic E-state index is 12.9. The first kappa shape index (κ1) is 18.4. The Morgan fingerprint density at radius 1 is 1.32 bits per heavy atom. The fraction of sp³-hybridized carbons (Fsp3) is 0.611. The predicted octanol–water partition coefficient (Wildman–Crippen LogP) is 1.72. The van der Waals surface area contributed by atoms with Crippen LogP contribution < -0.4 is 11.1 Å². The number of amides is 1. The van der Waals surface area contributed by atoms with E-state index in [4.69, 9.17) is 5.73 Å². The molecular weight excluding hydrogens is 338 g/mol. The zero-order valence-electron chi connectivity index (χ0n) is 14.6. The number of nitrogens with zero attached hydrogens (tertiary/aromatic N) is 1. The average Bonchev–Trinajstić information content (AvgIpc) is 3.45. The summed E-state index contributed by atoms with van der Waals surface area (Å²) < 4.78 is 27.4. The summed E-state index contributed by atoms with van der Waals surface area (Å²) in [5, 5.41) is 2.81. The molecule has 1 saturated carbocycles. The van der Waals surface area contributed by atoms with Crippen LogP contribution in [0.5, 0.6) is 0 Å². The largest absolute Gasteiger partial charge is 0.350 e. The number of nitrogens with two attached hydrogens (primary N) is 1. The number of benzene rings is 1. The molecule has 1 aromatic rings. The highest BCUT2D eigenvalue weighted by Crippen LogP contribution is 2.31. The van der Waals surface area contributed by atoms with Crippen molar-refractivity contribution in [2.45, 2.75) is 56.0 Å². The fourth-order valence-corrected chi connectivity index (χ4v) is 5.11. The SMILES string of the molecule is CC1CCCCN1S(=O)(=O)c1cccc(C(=O)NCC(N)C2CC2)c1. The molecule has 3 rings (SSSR count). The summed E-state index contributed by atoms with van der Waals surface area (Å²) in [6.45, 7) is 2.90. The van der Waals surface area contributed by atoms with Crippen LogP contribution >= 0.6 is 0 Å². The second-order valence-corrected chi connectivity index (χ2v) is 9.09. The molecule has 2 aliphatic rings. The van der Waals surface area contributed by atoms with Gasteiger partial charge in [-0.05, 0) is 56.7 Å². The van der Waals surface area contributed by atoms with Gasteiger partial charge in [-0.1, -0.05) is 12.5 Å². The molecule has 0 spiro atoms. The minimum absolute atomic E-state index is 0.00669. The summed E-state index contributed by atoms with van der Waals surface area (Å²) in [5.74, 6) is 0.229. The van der Waals surface area contributed by atoms with Crippen LogP contribution in [0.3, 0.4) is 0 Å². The molecular formula is C18H27N3O3S. The van der Waals surface area contributed by atoms with Crippen molar-refractivity contribution in [2.24, 2.45) is 11.7 Å². The van der Waals surface area contributed by atoms with Crippen molar-refractivity contribution in [3.05, 3.63) is 29.8 Å². The van der Waals surface area contributed by atoms with Crippen LogP contribution in [-0.2, 0) is 10.0 Å². The van der Waals surface area contributed by atoms with Gasteiger partial charge in [-0.25, -0.2) is 8.42 Å². The van der Waals surface area contributed by atoms with Crippen LogP contribution in [0, 0.1) is 5.92 Å². The molecule has 6 nitrogen and oxygen atoms in total. The van der Waals surface area contributed by atoms with E-state index in [2.05, 4.69) is 5.32 Å². The van der Waals surface area contributed by atoms with Gasteiger partial charge in [-0.3, -0.25) is 4.79 Å².